The van der Waals surface area contributed by atoms with Crippen LogP contribution in [0, 0.1) is 6.92 Å². The van der Waals surface area contributed by atoms with E-state index in [0.717, 1.165) is 34.1 Å². The Bertz CT molecular complexity index is 790. The third kappa shape index (κ3) is 2.53. The Kier molecular flexibility index (Phi) is 3.04. The summed E-state index contributed by atoms with van der Waals surface area (Å²) in [6, 6.07) is 9.88. The van der Waals surface area contributed by atoms with Crippen molar-refractivity contribution in [3.63, 3.8) is 0 Å². The Labute approximate surface area is 124 Å². The van der Waals surface area contributed by atoms with Gasteiger partial charge in [-0.15, -0.1) is 0 Å². The lowest BCUT2D eigenvalue weighted by atomic mass is 9.95. The molecule has 21 heavy (non-hydrogen) atoms. The van der Waals surface area contributed by atoms with Crippen LogP contribution < -0.4 is 5.73 Å². The molecule has 0 atom stereocenters. The fourth-order valence-electron chi connectivity index (χ4n) is 2.61. The highest BCUT2D eigenvalue weighted by Crippen LogP contribution is 2.28. The summed E-state index contributed by atoms with van der Waals surface area (Å²) in [6.07, 6.45) is 0. The van der Waals surface area contributed by atoms with Gasteiger partial charge in [0.1, 0.15) is 17.3 Å². The first-order chi connectivity index (χ1) is 9.84. The summed E-state index contributed by atoms with van der Waals surface area (Å²) in [4.78, 5) is 4.79. The van der Waals surface area contributed by atoms with Gasteiger partial charge >= 0.3 is 0 Å². The van der Waals surface area contributed by atoms with Crippen LogP contribution in [-0.4, -0.2) is 9.55 Å². The van der Waals surface area contributed by atoms with Gasteiger partial charge in [0.15, 0.2) is 0 Å². The Morgan fingerprint density at radius 2 is 1.95 bits per heavy atom. The van der Waals surface area contributed by atoms with Gasteiger partial charge in [-0.25, -0.2) is 4.98 Å². The quantitative estimate of drug-likeness (QED) is 0.726. The first-order valence-corrected chi connectivity index (χ1v) is 7.16. The van der Waals surface area contributed by atoms with E-state index in [2.05, 4.69) is 25.3 Å². The first kappa shape index (κ1) is 13.7. The fraction of sp³-hybridized carbons (Fsp3) is 0.353. The van der Waals surface area contributed by atoms with Crippen molar-refractivity contribution < 1.29 is 4.42 Å². The van der Waals surface area contributed by atoms with E-state index in [0.29, 0.717) is 6.54 Å². The van der Waals surface area contributed by atoms with Gasteiger partial charge in [0.05, 0.1) is 17.6 Å². The van der Waals surface area contributed by atoms with E-state index in [1.165, 1.54) is 0 Å². The predicted molar refractivity (Wildman–Crippen MR) is 85.4 cm³/mol. The molecular formula is C17H21N3O. The molecule has 4 heteroatoms. The van der Waals surface area contributed by atoms with Gasteiger partial charge < -0.3 is 14.7 Å². The van der Waals surface area contributed by atoms with Crippen molar-refractivity contribution in [1.29, 1.82) is 0 Å². The molecular weight excluding hydrogens is 262 g/mol. The molecule has 0 radical (unpaired) electrons. The van der Waals surface area contributed by atoms with Gasteiger partial charge in [0.25, 0.3) is 0 Å². The van der Waals surface area contributed by atoms with E-state index in [-0.39, 0.29) is 5.41 Å². The minimum absolute atomic E-state index is 0.0462. The van der Waals surface area contributed by atoms with Crippen molar-refractivity contribution in [2.75, 3.05) is 5.73 Å². The highest BCUT2D eigenvalue weighted by molar-refractivity contribution is 5.80. The zero-order valence-corrected chi connectivity index (χ0v) is 13.0. The molecule has 0 bridgehead atoms. The second-order valence-corrected chi connectivity index (χ2v) is 6.53. The lowest BCUT2D eigenvalue weighted by Gasteiger charge is -2.19. The van der Waals surface area contributed by atoms with Gasteiger partial charge in [0, 0.05) is 11.1 Å². The molecule has 0 spiro atoms. The Hall–Kier alpha value is -2.23. The number of anilines is 1. The number of hydrogen-bond donors (Lipinski definition) is 1. The summed E-state index contributed by atoms with van der Waals surface area (Å²) in [5.74, 6) is 2.90. The maximum absolute atomic E-state index is 5.88. The maximum Gasteiger partial charge on any atom is 0.123 e. The molecule has 2 heterocycles. The molecule has 2 N–H and O–H groups in total. The molecule has 0 aliphatic rings. The van der Waals surface area contributed by atoms with Crippen molar-refractivity contribution in [1.82, 2.24) is 9.55 Å². The SMILES string of the molecule is Cc1ccc(Cn2c(C(C)(C)C)nc3cc(N)ccc32)o1. The van der Waals surface area contributed by atoms with Gasteiger partial charge in [-0.1, -0.05) is 20.8 Å². The number of aryl methyl sites for hydroxylation is 1. The molecule has 0 fully saturated rings. The highest BCUT2D eigenvalue weighted by Gasteiger charge is 2.23. The van der Waals surface area contributed by atoms with E-state index >= 15 is 0 Å². The molecule has 3 aromatic rings. The van der Waals surface area contributed by atoms with Crippen LogP contribution in [0.15, 0.2) is 34.7 Å². The first-order valence-electron chi connectivity index (χ1n) is 7.16. The zero-order chi connectivity index (χ0) is 15.2. The Morgan fingerprint density at radius 3 is 2.57 bits per heavy atom. The molecule has 110 valence electrons. The zero-order valence-electron chi connectivity index (χ0n) is 13.0. The average molecular weight is 283 g/mol. The summed E-state index contributed by atoms with van der Waals surface area (Å²) in [5.41, 5.74) is 8.59. The minimum atomic E-state index is -0.0462. The second kappa shape index (κ2) is 4.65. The smallest absolute Gasteiger partial charge is 0.123 e. The Morgan fingerprint density at radius 1 is 1.19 bits per heavy atom. The monoisotopic (exact) mass is 283 g/mol. The van der Waals surface area contributed by atoms with Crippen LogP contribution in [-0.2, 0) is 12.0 Å². The second-order valence-electron chi connectivity index (χ2n) is 6.53. The van der Waals surface area contributed by atoms with Crippen LogP contribution in [0.3, 0.4) is 0 Å². The molecule has 0 saturated carbocycles. The maximum atomic E-state index is 5.88. The molecule has 0 unspecified atom stereocenters. The molecule has 0 amide bonds. The third-order valence-electron chi connectivity index (χ3n) is 3.55. The number of nitrogens with two attached hydrogens (primary N) is 1. The van der Waals surface area contributed by atoms with Crippen LogP contribution in [0.4, 0.5) is 5.69 Å². The van der Waals surface area contributed by atoms with Crippen LogP contribution in [0.25, 0.3) is 11.0 Å². The standard InChI is InChI=1S/C17H21N3O/c1-11-5-7-13(21-11)10-20-15-8-6-12(18)9-14(15)19-16(20)17(2,3)4/h5-9H,10,18H2,1-4H3. The van der Waals surface area contributed by atoms with E-state index in [1.54, 1.807) is 0 Å². The van der Waals surface area contributed by atoms with Gasteiger partial charge in [-0.3, -0.25) is 0 Å². The van der Waals surface area contributed by atoms with Crippen LogP contribution in [0.1, 0.15) is 38.1 Å². The number of nitrogens with zero attached hydrogens (tertiary/aromatic N) is 2. The molecule has 0 aliphatic carbocycles. The van der Waals surface area contributed by atoms with E-state index in [1.807, 2.05) is 37.3 Å². The number of benzene rings is 1. The summed E-state index contributed by atoms with van der Waals surface area (Å²) in [6.45, 7) is 9.14. The molecule has 1 aromatic carbocycles. The lowest BCUT2D eigenvalue weighted by Crippen LogP contribution is -2.19. The van der Waals surface area contributed by atoms with Crippen LogP contribution >= 0.6 is 0 Å². The van der Waals surface area contributed by atoms with Gasteiger partial charge in [-0.05, 0) is 37.3 Å². The van der Waals surface area contributed by atoms with E-state index < -0.39 is 0 Å². The van der Waals surface area contributed by atoms with E-state index in [9.17, 15) is 0 Å². The summed E-state index contributed by atoms with van der Waals surface area (Å²) in [5, 5.41) is 0. The van der Waals surface area contributed by atoms with Crippen LogP contribution in [0.5, 0.6) is 0 Å². The van der Waals surface area contributed by atoms with Gasteiger partial charge in [-0.2, -0.15) is 0 Å². The fourth-order valence-corrected chi connectivity index (χ4v) is 2.61. The predicted octanol–water partition coefficient (Wildman–Crippen LogP) is 3.87. The number of aromatic nitrogens is 2. The number of furan rings is 1. The van der Waals surface area contributed by atoms with Crippen molar-refractivity contribution in [3.8, 4) is 0 Å². The third-order valence-corrected chi connectivity index (χ3v) is 3.55. The summed E-state index contributed by atoms with van der Waals surface area (Å²) < 4.78 is 7.94. The average Bonchev–Trinajstić information content (AvgIpc) is 2.93. The molecule has 0 aliphatic heterocycles. The van der Waals surface area contributed by atoms with Crippen LogP contribution in [0.2, 0.25) is 0 Å². The highest BCUT2D eigenvalue weighted by atomic mass is 16.3. The number of hydrogen-bond acceptors (Lipinski definition) is 3. The molecule has 2 aromatic heterocycles. The van der Waals surface area contributed by atoms with Crippen molar-refractivity contribution in [2.24, 2.45) is 0 Å². The summed E-state index contributed by atoms with van der Waals surface area (Å²) >= 11 is 0. The van der Waals surface area contributed by atoms with Gasteiger partial charge in [0.2, 0.25) is 0 Å². The normalized spacial score (nSPS) is 12.2. The topological polar surface area (TPSA) is 57.0 Å². The number of imidazole rings is 1. The van der Waals surface area contributed by atoms with Crippen molar-refractivity contribution in [3.05, 3.63) is 47.7 Å². The lowest BCUT2D eigenvalue weighted by molar-refractivity contribution is 0.452. The molecule has 0 saturated heterocycles. The molecule has 4 nitrogen and oxygen atoms in total. The summed E-state index contributed by atoms with van der Waals surface area (Å²) in [7, 11) is 0. The number of fused-ring (bicyclic) bond motifs is 1. The Balaban J connectivity index is 2.17. The van der Waals surface area contributed by atoms with Crippen molar-refractivity contribution in [2.45, 2.75) is 39.7 Å². The molecule has 3 rings (SSSR count). The van der Waals surface area contributed by atoms with E-state index in [4.69, 9.17) is 15.1 Å². The van der Waals surface area contributed by atoms with Crippen molar-refractivity contribution >= 4 is 16.7 Å². The number of nitrogen functional groups attached to an aromatic ring is 1. The minimum Gasteiger partial charge on any atom is -0.464 e. The largest absolute Gasteiger partial charge is 0.464 e. The number of rotatable bonds is 2.